The third-order valence-electron chi connectivity index (χ3n) is 5.59. The summed E-state index contributed by atoms with van der Waals surface area (Å²) < 4.78 is 0. The smallest absolute Gasteiger partial charge is 0.223 e. The predicted octanol–water partition coefficient (Wildman–Crippen LogP) is 3.99. The second-order valence-corrected chi connectivity index (χ2v) is 7.93. The Balaban J connectivity index is 1.68. The van der Waals surface area contributed by atoms with Gasteiger partial charge in [0.25, 0.3) is 0 Å². The monoisotopic (exact) mass is 362 g/mol. The van der Waals surface area contributed by atoms with Gasteiger partial charge in [-0.25, -0.2) is 0 Å². The molecular formula is C20H27ClN2O2. The molecule has 2 amide bonds. The van der Waals surface area contributed by atoms with Crippen LogP contribution in [-0.2, 0) is 9.59 Å². The molecule has 0 saturated heterocycles. The first-order valence-electron chi connectivity index (χ1n) is 9.36. The molecule has 0 spiro atoms. The molecule has 2 saturated carbocycles. The van der Waals surface area contributed by atoms with E-state index >= 15 is 0 Å². The SMILES string of the molecule is CC(=O)N[C@H]1CC[C@H](C(=O)N[C@H](c2cccc(Cl)c2)C2CCCC2)C1. The Labute approximate surface area is 154 Å². The zero-order valence-electron chi connectivity index (χ0n) is 14.8. The fraction of sp³-hybridized carbons (Fsp3) is 0.600. The van der Waals surface area contributed by atoms with Crippen molar-refractivity contribution in [2.45, 2.75) is 64.0 Å². The Hall–Kier alpha value is -1.55. The summed E-state index contributed by atoms with van der Waals surface area (Å²) in [5.74, 6) is 0.563. The summed E-state index contributed by atoms with van der Waals surface area (Å²) in [7, 11) is 0. The molecule has 0 radical (unpaired) electrons. The topological polar surface area (TPSA) is 58.2 Å². The van der Waals surface area contributed by atoms with Gasteiger partial charge in [-0.1, -0.05) is 36.6 Å². The first-order valence-corrected chi connectivity index (χ1v) is 9.73. The van der Waals surface area contributed by atoms with E-state index in [4.69, 9.17) is 11.6 Å². The van der Waals surface area contributed by atoms with E-state index in [1.165, 1.54) is 19.8 Å². The van der Waals surface area contributed by atoms with E-state index in [0.29, 0.717) is 10.9 Å². The van der Waals surface area contributed by atoms with Crippen molar-refractivity contribution in [2.24, 2.45) is 11.8 Å². The molecule has 2 aliphatic carbocycles. The average Bonchev–Trinajstić information content (AvgIpc) is 3.23. The van der Waals surface area contributed by atoms with E-state index in [9.17, 15) is 9.59 Å². The van der Waals surface area contributed by atoms with Crippen molar-refractivity contribution in [1.82, 2.24) is 10.6 Å². The van der Waals surface area contributed by atoms with Crippen LogP contribution in [0, 0.1) is 11.8 Å². The van der Waals surface area contributed by atoms with Gasteiger partial charge in [-0.3, -0.25) is 9.59 Å². The third kappa shape index (κ3) is 4.75. The normalized spacial score (nSPS) is 24.9. The highest BCUT2D eigenvalue weighted by molar-refractivity contribution is 6.30. The fourth-order valence-corrected chi connectivity index (χ4v) is 4.57. The quantitative estimate of drug-likeness (QED) is 0.831. The Morgan fingerprint density at radius 2 is 1.92 bits per heavy atom. The molecule has 25 heavy (non-hydrogen) atoms. The van der Waals surface area contributed by atoms with Gasteiger partial charge >= 0.3 is 0 Å². The molecule has 0 unspecified atom stereocenters. The lowest BCUT2D eigenvalue weighted by Gasteiger charge is -2.27. The number of hydrogen-bond acceptors (Lipinski definition) is 2. The predicted molar refractivity (Wildman–Crippen MR) is 99.2 cm³/mol. The number of hydrogen-bond donors (Lipinski definition) is 2. The molecule has 1 aromatic rings. The summed E-state index contributed by atoms with van der Waals surface area (Å²) in [5.41, 5.74) is 1.10. The first-order chi connectivity index (χ1) is 12.0. The van der Waals surface area contributed by atoms with Crippen LogP contribution < -0.4 is 10.6 Å². The molecule has 0 aliphatic heterocycles. The van der Waals surface area contributed by atoms with Crippen LogP contribution in [0.2, 0.25) is 5.02 Å². The van der Waals surface area contributed by atoms with Gasteiger partial charge in [-0.05, 0) is 55.7 Å². The lowest BCUT2D eigenvalue weighted by Crippen LogP contribution is -2.37. The molecule has 136 valence electrons. The molecule has 0 aromatic heterocycles. The van der Waals surface area contributed by atoms with Gasteiger partial charge in [0.2, 0.25) is 11.8 Å². The van der Waals surface area contributed by atoms with E-state index in [0.717, 1.165) is 37.7 Å². The number of halogens is 1. The molecule has 4 nitrogen and oxygen atoms in total. The van der Waals surface area contributed by atoms with Gasteiger partial charge in [0.1, 0.15) is 0 Å². The van der Waals surface area contributed by atoms with Gasteiger partial charge < -0.3 is 10.6 Å². The van der Waals surface area contributed by atoms with Crippen molar-refractivity contribution in [3.8, 4) is 0 Å². The first kappa shape index (κ1) is 18.2. The van der Waals surface area contributed by atoms with E-state index in [1.54, 1.807) is 0 Å². The summed E-state index contributed by atoms with van der Waals surface area (Å²) in [6.45, 7) is 1.53. The van der Waals surface area contributed by atoms with Crippen molar-refractivity contribution in [2.75, 3.05) is 0 Å². The summed E-state index contributed by atoms with van der Waals surface area (Å²) >= 11 is 6.17. The Bertz CT molecular complexity index is 628. The standard InChI is InChI=1S/C20H27ClN2O2/c1-13(24)22-18-10-9-16(12-18)20(25)23-19(14-5-2-3-6-14)15-7-4-8-17(21)11-15/h4,7-8,11,14,16,18-19H,2-3,5-6,9-10,12H2,1H3,(H,22,24)(H,23,25)/t16-,18-,19-/m0/s1. The minimum absolute atomic E-state index is 0.0139. The second kappa shape index (κ2) is 8.22. The lowest BCUT2D eigenvalue weighted by molar-refractivity contribution is -0.126. The molecule has 2 aliphatic rings. The zero-order chi connectivity index (χ0) is 17.8. The van der Waals surface area contributed by atoms with Crippen molar-refractivity contribution in [3.05, 3.63) is 34.9 Å². The number of rotatable bonds is 5. The van der Waals surface area contributed by atoms with Crippen molar-refractivity contribution in [3.63, 3.8) is 0 Å². The molecule has 0 heterocycles. The fourth-order valence-electron chi connectivity index (χ4n) is 4.37. The molecule has 5 heteroatoms. The highest BCUT2D eigenvalue weighted by Crippen LogP contribution is 2.37. The van der Waals surface area contributed by atoms with E-state index in [2.05, 4.69) is 16.7 Å². The van der Waals surface area contributed by atoms with Crippen LogP contribution in [0.5, 0.6) is 0 Å². The molecular weight excluding hydrogens is 336 g/mol. The van der Waals surface area contributed by atoms with Crippen molar-refractivity contribution >= 4 is 23.4 Å². The summed E-state index contributed by atoms with van der Waals surface area (Å²) in [6.07, 6.45) is 7.20. The Kier molecular flexibility index (Phi) is 6.00. The van der Waals surface area contributed by atoms with Crippen LogP contribution >= 0.6 is 11.6 Å². The van der Waals surface area contributed by atoms with Crippen LogP contribution in [0.15, 0.2) is 24.3 Å². The number of benzene rings is 1. The minimum atomic E-state index is -0.0196. The Morgan fingerprint density at radius 3 is 2.60 bits per heavy atom. The van der Waals surface area contributed by atoms with E-state index in [1.807, 2.05) is 18.2 Å². The van der Waals surface area contributed by atoms with Crippen LogP contribution in [0.25, 0.3) is 0 Å². The maximum absolute atomic E-state index is 12.8. The molecule has 1 aromatic carbocycles. The summed E-state index contributed by atoms with van der Waals surface area (Å²) in [5, 5.41) is 6.96. The van der Waals surface area contributed by atoms with E-state index < -0.39 is 0 Å². The van der Waals surface area contributed by atoms with Gasteiger partial charge in [0.05, 0.1) is 6.04 Å². The van der Waals surface area contributed by atoms with Crippen molar-refractivity contribution < 1.29 is 9.59 Å². The maximum atomic E-state index is 12.8. The van der Waals surface area contributed by atoms with Gasteiger partial charge in [-0.2, -0.15) is 0 Å². The van der Waals surface area contributed by atoms with Crippen LogP contribution in [0.1, 0.15) is 63.5 Å². The average molecular weight is 363 g/mol. The largest absolute Gasteiger partial charge is 0.354 e. The lowest BCUT2D eigenvalue weighted by atomic mass is 9.91. The second-order valence-electron chi connectivity index (χ2n) is 7.49. The van der Waals surface area contributed by atoms with Crippen LogP contribution in [0.4, 0.5) is 0 Å². The molecule has 3 atom stereocenters. The van der Waals surface area contributed by atoms with Gasteiger partial charge in [0, 0.05) is 23.9 Å². The summed E-state index contributed by atoms with van der Waals surface area (Å²) in [4.78, 5) is 24.1. The Morgan fingerprint density at radius 1 is 1.16 bits per heavy atom. The zero-order valence-corrected chi connectivity index (χ0v) is 15.5. The molecule has 0 bridgehead atoms. The molecule has 2 fully saturated rings. The van der Waals surface area contributed by atoms with Crippen LogP contribution in [0.3, 0.4) is 0 Å². The number of nitrogens with one attached hydrogen (secondary N) is 2. The highest BCUT2D eigenvalue weighted by atomic mass is 35.5. The minimum Gasteiger partial charge on any atom is -0.354 e. The maximum Gasteiger partial charge on any atom is 0.223 e. The number of amides is 2. The molecule has 2 N–H and O–H groups in total. The summed E-state index contributed by atoms with van der Waals surface area (Å²) in [6, 6.07) is 8.02. The highest BCUT2D eigenvalue weighted by Gasteiger charge is 2.34. The number of carbonyl (C=O) groups is 2. The van der Waals surface area contributed by atoms with Crippen molar-refractivity contribution in [1.29, 1.82) is 0 Å². The van der Waals surface area contributed by atoms with Crippen LogP contribution in [-0.4, -0.2) is 17.9 Å². The van der Waals surface area contributed by atoms with Gasteiger partial charge in [-0.15, -0.1) is 0 Å². The third-order valence-corrected chi connectivity index (χ3v) is 5.82. The van der Waals surface area contributed by atoms with Gasteiger partial charge in [0.15, 0.2) is 0 Å². The molecule has 3 rings (SSSR count). The van der Waals surface area contributed by atoms with E-state index in [-0.39, 0.29) is 29.8 Å². The number of carbonyl (C=O) groups excluding carboxylic acids is 2.